The molecule has 2 aromatic rings. The first-order valence-electron chi connectivity index (χ1n) is 6.04. The summed E-state index contributed by atoms with van der Waals surface area (Å²) in [6.07, 6.45) is 3.61. The molecule has 0 unspecified atom stereocenters. The Balaban J connectivity index is 0.000000686. The highest BCUT2D eigenvalue weighted by atomic mass is 16.5. The maximum atomic E-state index is 5.35. The Morgan fingerprint density at radius 1 is 1.18 bits per heavy atom. The van der Waals surface area contributed by atoms with Crippen molar-refractivity contribution in [3.8, 4) is 11.4 Å². The van der Waals surface area contributed by atoms with Gasteiger partial charge in [0.25, 0.3) is 0 Å². The van der Waals surface area contributed by atoms with Crippen molar-refractivity contribution in [2.45, 2.75) is 27.7 Å². The van der Waals surface area contributed by atoms with Gasteiger partial charge in [-0.2, -0.15) is 5.10 Å². The maximum Gasteiger partial charge on any atom is 0.157 e. The Labute approximate surface area is 103 Å². The van der Waals surface area contributed by atoms with Crippen LogP contribution in [-0.4, -0.2) is 16.4 Å². The number of hydrogen-bond donors (Lipinski definition) is 0. The van der Waals surface area contributed by atoms with E-state index < -0.39 is 0 Å². The number of nitrogens with zero attached hydrogens (tertiary/aromatic N) is 2. The molecule has 1 aromatic carbocycles. The molecule has 0 aliphatic heterocycles. The summed E-state index contributed by atoms with van der Waals surface area (Å²) in [6, 6.07) is 8.21. The van der Waals surface area contributed by atoms with E-state index in [1.807, 2.05) is 43.8 Å². The van der Waals surface area contributed by atoms with Crippen LogP contribution in [0.25, 0.3) is 5.69 Å². The second-order valence-electron chi connectivity index (χ2n) is 3.39. The molecule has 0 aliphatic carbocycles. The van der Waals surface area contributed by atoms with Gasteiger partial charge in [-0.1, -0.05) is 31.5 Å². The lowest BCUT2D eigenvalue weighted by molar-refractivity contribution is 0.340. The van der Waals surface area contributed by atoms with Gasteiger partial charge >= 0.3 is 0 Å². The van der Waals surface area contributed by atoms with E-state index >= 15 is 0 Å². The third kappa shape index (κ3) is 3.63. The summed E-state index contributed by atoms with van der Waals surface area (Å²) in [6.45, 7) is 8.70. The van der Waals surface area contributed by atoms with Gasteiger partial charge in [0, 0.05) is 0 Å². The minimum Gasteiger partial charge on any atom is -0.491 e. The lowest BCUT2D eigenvalue weighted by Crippen LogP contribution is -1.93. The third-order valence-electron chi connectivity index (χ3n) is 2.17. The van der Waals surface area contributed by atoms with Gasteiger partial charge in [-0.05, 0) is 26.0 Å². The molecular formula is C14H20N2O. The van der Waals surface area contributed by atoms with E-state index in [1.54, 1.807) is 6.20 Å². The zero-order valence-corrected chi connectivity index (χ0v) is 11.0. The van der Waals surface area contributed by atoms with E-state index in [1.165, 1.54) is 5.56 Å². The van der Waals surface area contributed by atoms with Crippen molar-refractivity contribution < 1.29 is 4.74 Å². The molecule has 2 rings (SSSR count). The summed E-state index contributed by atoms with van der Waals surface area (Å²) in [5.74, 6) is 0.804. The van der Waals surface area contributed by atoms with Gasteiger partial charge in [0.05, 0.1) is 24.7 Å². The van der Waals surface area contributed by atoms with Crippen molar-refractivity contribution in [2.75, 3.05) is 6.61 Å². The van der Waals surface area contributed by atoms with Gasteiger partial charge in [-0.15, -0.1) is 0 Å². The van der Waals surface area contributed by atoms with Gasteiger partial charge in [0.1, 0.15) is 0 Å². The van der Waals surface area contributed by atoms with Crippen molar-refractivity contribution in [2.24, 2.45) is 0 Å². The molecule has 3 nitrogen and oxygen atoms in total. The molecule has 1 aromatic heterocycles. The largest absolute Gasteiger partial charge is 0.491 e. The Morgan fingerprint density at radius 2 is 1.82 bits per heavy atom. The van der Waals surface area contributed by atoms with Crippen LogP contribution in [0.15, 0.2) is 36.7 Å². The van der Waals surface area contributed by atoms with Gasteiger partial charge in [0.2, 0.25) is 0 Å². The number of ether oxygens (including phenoxy) is 1. The molecule has 1 heterocycles. The number of hydrogen-bond acceptors (Lipinski definition) is 2. The van der Waals surface area contributed by atoms with Crippen LogP contribution in [-0.2, 0) is 0 Å². The molecule has 0 bridgehead atoms. The molecule has 0 amide bonds. The lowest BCUT2D eigenvalue weighted by Gasteiger charge is -2.01. The highest BCUT2D eigenvalue weighted by Gasteiger charge is 2.00. The number of rotatable bonds is 3. The molecule has 0 fully saturated rings. The summed E-state index contributed by atoms with van der Waals surface area (Å²) in [7, 11) is 0. The van der Waals surface area contributed by atoms with E-state index in [4.69, 9.17) is 4.74 Å². The van der Waals surface area contributed by atoms with Crippen LogP contribution in [0.3, 0.4) is 0 Å². The molecule has 0 radical (unpaired) electrons. The zero-order valence-electron chi connectivity index (χ0n) is 11.0. The smallest absolute Gasteiger partial charge is 0.157 e. The monoisotopic (exact) mass is 232 g/mol. The number of aryl methyl sites for hydroxylation is 1. The molecule has 17 heavy (non-hydrogen) atoms. The number of benzene rings is 1. The van der Waals surface area contributed by atoms with Crippen LogP contribution >= 0.6 is 0 Å². The summed E-state index contributed by atoms with van der Waals surface area (Å²) < 4.78 is 7.16. The highest BCUT2D eigenvalue weighted by molar-refractivity contribution is 5.34. The predicted octanol–water partition coefficient (Wildman–Crippen LogP) is 3.61. The second-order valence-corrected chi connectivity index (χ2v) is 3.39. The van der Waals surface area contributed by atoms with Crippen LogP contribution < -0.4 is 4.74 Å². The Morgan fingerprint density at radius 3 is 2.41 bits per heavy atom. The minimum atomic E-state index is 0.666. The van der Waals surface area contributed by atoms with Crippen LogP contribution in [0.5, 0.6) is 5.75 Å². The topological polar surface area (TPSA) is 27.1 Å². The van der Waals surface area contributed by atoms with Crippen LogP contribution in [0, 0.1) is 6.92 Å². The molecule has 0 atom stereocenters. The molecule has 0 saturated carbocycles. The van der Waals surface area contributed by atoms with E-state index in [-0.39, 0.29) is 0 Å². The van der Waals surface area contributed by atoms with Crippen molar-refractivity contribution in [1.29, 1.82) is 0 Å². The van der Waals surface area contributed by atoms with Gasteiger partial charge < -0.3 is 4.74 Å². The average Bonchev–Trinajstić information content (AvgIpc) is 2.82. The van der Waals surface area contributed by atoms with Gasteiger partial charge in [-0.3, -0.25) is 0 Å². The van der Waals surface area contributed by atoms with E-state index in [0.717, 1.165) is 11.4 Å². The Hall–Kier alpha value is -1.77. The van der Waals surface area contributed by atoms with Crippen molar-refractivity contribution in [1.82, 2.24) is 9.78 Å². The summed E-state index contributed by atoms with van der Waals surface area (Å²) in [4.78, 5) is 0. The normalized spacial score (nSPS) is 9.41. The first-order valence-corrected chi connectivity index (χ1v) is 6.04. The Kier molecular flexibility index (Phi) is 5.27. The molecule has 0 N–H and O–H groups in total. The SMILES string of the molecule is CC.CCOc1cnn(-c2ccc(C)cc2)c1. The van der Waals surface area contributed by atoms with Crippen LogP contribution in [0.2, 0.25) is 0 Å². The van der Waals surface area contributed by atoms with Crippen LogP contribution in [0.4, 0.5) is 0 Å². The molecular weight excluding hydrogens is 212 g/mol. The standard InChI is InChI=1S/C12H14N2O.C2H6/c1-3-15-12-8-13-14(9-12)11-6-4-10(2)5-7-11;1-2/h4-9H,3H2,1-2H3;1-2H3. The summed E-state index contributed by atoms with van der Waals surface area (Å²) in [5, 5.41) is 4.23. The molecule has 0 spiro atoms. The van der Waals surface area contributed by atoms with Crippen LogP contribution in [0.1, 0.15) is 26.3 Å². The average molecular weight is 232 g/mol. The first kappa shape index (κ1) is 13.3. The quantitative estimate of drug-likeness (QED) is 0.808. The fraction of sp³-hybridized carbons (Fsp3) is 0.357. The molecule has 0 aliphatic rings. The van der Waals surface area contributed by atoms with Gasteiger partial charge in [0.15, 0.2) is 5.75 Å². The first-order chi connectivity index (χ1) is 8.29. The summed E-state index contributed by atoms with van der Waals surface area (Å²) >= 11 is 0. The fourth-order valence-electron chi connectivity index (χ4n) is 1.39. The maximum absolute atomic E-state index is 5.35. The third-order valence-corrected chi connectivity index (χ3v) is 2.17. The Bertz CT molecular complexity index is 432. The van der Waals surface area contributed by atoms with Crippen molar-refractivity contribution in [3.63, 3.8) is 0 Å². The molecule has 0 saturated heterocycles. The summed E-state index contributed by atoms with van der Waals surface area (Å²) in [5.41, 5.74) is 2.29. The van der Waals surface area contributed by atoms with E-state index in [9.17, 15) is 0 Å². The fourth-order valence-corrected chi connectivity index (χ4v) is 1.39. The molecule has 3 heteroatoms. The number of aromatic nitrogens is 2. The van der Waals surface area contributed by atoms with Gasteiger partial charge in [-0.25, -0.2) is 4.68 Å². The molecule has 92 valence electrons. The van der Waals surface area contributed by atoms with E-state index in [2.05, 4.69) is 24.2 Å². The highest BCUT2D eigenvalue weighted by Crippen LogP contribution is 2.13. The van der Waals surface area contributed by atoms with Crippen molar-refractivity contribution >= 4 is 0 Å². The zero-order chi connectivity index (χ0) is 12.7. The minimum absolute atomic E-state index is 0.666. The second kappa shape index (κ2) is 6.74. The van der Waals surface area contributed by atoms with E-state index in [0.29, 0.717) is 6.61 Å². The lowest BCUT2D eigenvalue weighted by atomic mass is 10.2. The predicted molar refractivity (Wildman–Crippen MR) is 70.8 cm³/mol. The van der Waals surface area contributed by atoms with Crippen molar-refractivity contribution in [3.05, 3.63) is 42.2 Å².